The lowest BCUT2D eigenvalue weighted by molar-refractivity contribution is -0.274. The molecule has 164 valence electrons. The van der Waals surface area contributed by atoms with E-state index in [0.29, 0.717) is 34.7 Å². The number of likely N-dealkylation sites (N-methyl/N-ethyl adjacent to an activating group) is 1. The number of aryl methyl sites for hydroxylation is 1. The van der Waals surface area contributed by atoms with Crippen LogP contribution >= 0.6 is 0 Å². The highest BCUT2D eigenvalue weighted by Gasteiger charge is 2.34. The van der Waals surface area contributed by atoms with E-state index in [4.69, 9.17) is 9.84 Å². The number of rotatable bonds is 5. The van der Waals surface area contributed by atoms with Crippen molar-refractivity contribution in [2.45, 2.75) is 33.2 Å². The molecule has 0 aliphatic carbocycles. The Kier molecular flexibility index (Phi) is 5.97. The SMILES string of the molecule is CCN1C(=O)C(C)Oc2cc(C)c(-c3cc(C=CC(=O)O)ccc3OC(F)(F)F)cc21. The fourth-order valence-corrected chi connectivity index (χ4v) is 3.41. The normalized spacial score (nSPS) is 16.3. The van der Waals surface area contributed by atoms with Crippen LogP contribution in [0.5, 0.6) is 11.5 Å². The standard InChI is InChI=1S/C22H20F3NO5/c1-4-26-17-11-15(12(2)9-19(17)30-13(3)21(26)29)16-10-14(6-8-20(27)28)5-7-18(16)31-22(23,24)25/h5-11,13H,4H2,1-3H3,(H,27,28). The van der Waals surface area contributed by atoms with E-state index in [9.17, 15) is 22.8 Å². The number of hydrogen-bond acceptors (Lipinski definition) is 4. The topological polar surface area (TPSA) is 76.1 Å². The summed E-state index contributed by atoms with van der Waals surface area (Å²) in [6.45, 7) is 5.47. The van der Waals surface area contributed by atoms with E-state index in [1.165, 1.54) is 23.1 Å². The van der Waals surface area contributed by atoms with Gasteiger partial charge < -0.3 is 19.5 Å². The van der Waals surface area contributed by atoms with E-state index in [1.807, 2.05) is 0 Å². The molecule has 0 spiro atoms. The number of carbonyl (C=O) groups excluding carboxylic acids is 1. The number of alkyl halides is 3. The van der Waals surface area contributed by atoms with Gasteiger partial charge in [-0.15, -0.1) is 13.2 Å². The average Bonchev–Trinajstić information content (AvgIpc) is 2.67. The van der Waals surface area contributed by atoms with Gasteiger partial charge in [-0.25, -0.2) is 4.79 Å². The Hall–Kier alpha value is -3.49. The van der Waals surface area contributed by atoms with Crippen LogP contribution in [0.1, 0.15) is 25.0 Å². The van der Waals surface area contributed by atoms with Crippen molar-refractivity contribution in [2.75, 3.05) is 11.4 Å². The number of halogens is 3. The van der Waals surface area contributed by atoms with Crippen molar-refractivity contribution in [3.63, 3.8) is 0 Å². The molecule has 6 nitrogen and oxygen atoms in total. The Morgan fingerprint density at radius 1 is 1.26 bits per heavy atom. The van der Waals surface area contributed by atoms with Gasteiger partial charge in [-0.05, 0) is 67.8 Å². The summed E-state index contributed by atoms with van der Waals surface area (Å²) in [5.74, 6) is -1.43. The Labute approximate surface area is 176 Å². The van der Waals surface area contributed by atoms with Gasteiger partial charge in [0, 0.05) is 18.2 Å². The van der Waals surface area contributed by atoms with Crippen LogP contribution in [0.15, 0.2) is 36.4 Å². The molecule has 1 heterocycles. The number of hydrogen-bond donors (Lipinski definition) is 1. The summed E-state index contributed by atoms with van der Waals surface area (Å²) < 4.78 is 48.8. The van der Waals surface area contributed by atoms with E-state index in [0.717, 1.165) is 12.1 Å². The Morgan fingerprint density at radius 3 is 2.58 bits per heavy atom. The predicted octanol–water partition coefficient (Wildman–Crippen LogP) is 4.79. The van der Waals surface area contributed by atoms with Crippen molar-refractivity contribution in [1.82, 2.24) is 0 Å². The van der Waals surface area contributed by atoms with Crippen LogP contribution in [-0.4, -0.2) is 36.0 Å². The van der Waals surface area contributed by atoms with Crippen LogP contribution in [-0.2, 0) is 9.59 Å². The molecule has 0 saturated heterocycles. The third kappa shape index (κ3) is 4.82. The first kappa shape index (κ1) is 22.2. The van der Waals surface area contributed by atoms with Crippen molar-refractivity contribution in [3.8, 4) is 22.6 Å². The van der Waals surface area contributed by atoms with Gasteiger partial charge in [0.1, 0.15) is 11.5 Å². The molecule has 0 radical (unpaired) electrons. The Morgan fingerprint density at radius 2 is 1.97 bits per heavy atom. The molecule has 31 heavy (non-hydrogen) atoms. The molecule has 3 rings (SSSR count). The van der Waals surface area contributed by atoms with Crippen LogP contribution in [0.3, 0.4) is 0 Å². The quantitative estimate of drug-likeness (QED) is 0.684. The van der Waals surface area contributed by atoms with Crippen LogP contribution in [0.25, 0.3) is 17.2 Å². The van der Waals surface area contributed by atoms with Gasteiger partial charge in [0.25, 0.3) is 5.91 Å². The summed E-state index contributed by atoms with van der Waals surface area (Å²) >= 11 is 0. The van der Waals surface area contributed by atoms with Crippen LogP contribution < -0.4 is 14.4 Å². The lowest BCUT2D eigenvalue weighted by Gasteiger charge is -2.33. The monoisotopic (exact) mass is 435 g/mol. The van der Waals surface area contributed by atoms with Gasteiger partial charge in [-0.1, -0.05) is 6.07 Å². The molecule has 2 aromatic rings. The second kappa shape index (κ2) is 8.33. The molecule has 9 heteroatoms. The van der Waals surface area contributed by atoms with Crippen molar-refractivity contribution < 1.29 is 37.3 Å². The number of benzene rings is 2. The third-order valence-corrected chi connectivity index (χ3v) is 4.77. The fraction of sp³-hybridized carbons (Fsp3) is 0.273. The maximum Gasteiger partial charge on any atom is 0.573 e. The average molecular weight is 435 g/mol. The molecule has 1 unspecified atom stereocenters. The maximum absolute atomic E-state index is 13.0. The first-order chi connectivity index (χ1) is 14.5. The minimum absolute atomic E-state index is 0.104. The van der Waals surface area contributed by atoms with Gasteiger partial charge >= 0.3 is 12.3 Å². The highest BCUT2D eigenvalue weighted by atomic mass is 19.4. The minimum Gasteiger partial charge on any atom is -0.479 e. The van der Waals surface area contributed by atoms with E-state index in [1.54, 1.807) is 32.9 Å². The first-order valence-electron chi connectivity index (χ1n) is 9.44. The van der Waals surface area contributed by atoms with E-state index >= 15 is 0 Å². The molecular formula is C22H20F3NO5. The highest BCUT2D eigenvalue weighted by molar-refractivity contribution is 6.01. The Balaban J connectivity index is 2.20. The summed E-state index contributed by atoms with van der Waals surface area (Å²) in [4.78, 5) is 24.8. The number of nitrogens with zero attached hydrogens (tertiary/aromatic N) is 1. The lowest BCUT2D eigenvalue weighted by Crippen LogP contribution is -2.44. The molecule has 0 bridgehead atoms. The molecular weight excluding hydrogens is 415 g/mol. The summed E-state index contributed by atoms with van der Waals surface area (Å²) in [7, 11) is 0. The van der Waals surface area contributed by atoms with E-state index < -0.39 is 24.2 Å². The molecule has 0 aromatic heterocycles. The van der Waals surface area contributed by atoms with Crippen LogP contribution in [0, 0.1) is 6.92 Å². The highest BCUT2D eigenvalue weighted by Crippen LogP contribution is 2.43. The molecule has 1 atom stereocenters. The molecule has 2 aromatic carbocycles. The second-order valence-electron chi connectivity index (χ2n) is 6.95. The molecule has 0 saturated carbocycles. The van der Waals surface area contributed by atoms with Crippen LogP contribution in [0.4, 0.5) is 18.9 Å². The minimum atomic E-state index is -4.92. The number of carbonyl (C=O) groups is 2. The van der Waals surface area contributed by atoms with Crippen molar-refractivity contribution in [3.05, 3.63) is 47.5 Å². The second-order valence-corrected chi connectivity index (χ2v) is 6.95. The smallest absolute Gasteiger partial charge is 0.479 e. The van der Waals surface area contributed by atoms with Crippen molar-refractivity contribution in [2.24, 2.45) is 0 Å². The number of anilines is 1. The number of aliphatic carboxylic acids is 1. The largest absolute Gasteiger partial charge is 0.573 e. The summed E-state index contributed by atoms with van der Waals surface area (Å²) in [5, 5.41) is 8.84. The summed E-state index contributed by atoms with van der Waals surface area (Å²) in [6.07, 6.45) is -3.44. The molecule has 1 aliphatic rings. The van der Waals surface area contributed by atoms with E-state index in [2.05, 4.69) is 4.74 Å². The molecule has 1 aliphatic heterocycles. The molecule has 1 amide bonds. The van der Waals surface area contributed by atoms with Crippen molar-refractivity contribution >= 4 is 23.6 Å². The Bertz CT molecular complexity index is 1060. The first-order valence-corrected chi connectivity index (χ1v) is 9.44. The fourth-order valence-electron chi connectivity index (χ4n) is 3.41. The van der Waals surface area contributed by atoms with E-state index in [-0.39, 0.29) is 11.5 Å². The van der Waals surface area contributed by atoms with Gasteiger partial charge in [0.2, 0.25) is 0 Å². The zero-order valence-corrected chi connectivity index (χ0v) is 17.0. The number of ether oxygens (including phenoxy) is 2. The lowest BCUT2D eigenvalue weighted by atomic mass is 9.95. The zero-order chi connectivity index (χ0) is 22.9. The number of carboxylic acids is 1. The van der Waals surface area contributed by atoms with Crippen molar-refractivity contribution in [1.29, 1.82) is 0 Å². The maximum atomic E-state index is 13.0. The third-order valence-electron chi connectivity index (χ3n) is 4.77. The van der Waals surface area contributed by atoms with Gasteiger partial charge in [0.05, 0.1) is 5.69 Å². The predicted molar refractivity (Wildman–Crippen MR) is 108 cm³/mol. The van der Waals surface area contributed by atoms with Crippen LogP contribution in [0.2, 0.25) is 0 Å². The van der Waals surface area contributed by atoms with Gasteiger partial charge in [-0.2, -0.15) is 0 Å². The van der Waals surface area contributed by atoms with Gasteiger partial charge in [-0.3, -0.25) is 4.79 Å². The molecule has 0 fully saturated rings. The zero-order valence-electron chi connectivity index (χ0n) is 17.0. The summed E-state index contributed by atoms with van der Waals surface area (Å²) in [5.41, 5.74) is 1.91. The number of fused-ring (bicyclic) bond motifs is 1. The molecule has 1 N–H and O–H groups in total. The number of amides is 1. The van der Waals surface area contributed by atoms with Gasteiger partial charge in [0.15, 0.2) is 6.10 Å². The number of carboxylic acid groups (broad SMARTS) is 1. The summed E-state index contributed by atoms with van der Waals surface area (Å²) in [6, 6.07) is 7.10.